The monoisotopic (exact) mass is 289 g/mol. The van der Waals surface area contributed by atoms with E-state index in [2.05, 4.69) is 30.4 Å². The summed E-state index contributed by atoms with van der Waals surface area (Å²) >= 11 is 0. The van der Waals surface area contributed by atoms with Crippen LogP contribution in [0.5, 0.6) is 0 Å². The van der Waals surface area contributed by atoms with E-state index in [1.54, 1.807) is 0 Å². The van der Waals surface area contributed by atoms with Crippen LogP contribution in [0.15, 0.2) is 66.7 Å². The molecule has 3 aromatic rings. The number of anilines is 1. The first-order valence-corrected chi connectivity index (χ1v) is 7.62. The molecule has 0 bridgehead atoms. The first-order valence-electron chi connectivity index (χ1n) is 7.62. The maximum atomic E-state index is 12.4. The molecule has 0 saturated carbocycles. The van der Waals surface area contributed by atoms with E-state index in [4.69, 9.17) is 0 Å². The minimum atomic E-state index is 0.0252. The van der Waals surface area contributed by atoms with Crippen molar-refractivity contribution in [2.24, 2.45) is 0 Å². The Labute approximate surface area is 130 Å². The number of fused-ring (bicyclic) bond motifs is 1. The summed E-state index contributed by atoms with van der Waals surface area (Å²) in [7, 11) is 0. The lowest BCUT2D eigenvalue weighted by atomic mass is 10.0. The highest BCUT2D eigenvalue weighted by Crippen LogP contribution is 2.20. The number of hydrogen-bond donors (Lipinski definition) is 1. The average molecular weight is 289 g/mol. The van der Waals surface area contributed by atoms with Gasteiger partial charge in [-0.25, -0.2) is 0 Å². The topological polar surface area (TPSA) is 29.1 Å². The first kappa shape index (κ1) is 14.3. The molecule has 0 saturated heterocycles. The SMILES string of the molecule is CCc1ccccc1NC(=O)Cc1cccc2ccccc12. The van der Waals surface area contributed by atoms with Gasteiger partial charge in [-0.15, -0.1) is 0 Å². The molecule has 0 aliphatic rings. The van der Waals surface area contributed by atoms with Crippen molar-refractivity contribution in [1.82, 2.24) is 0 Å². The van der Waals surface area contributed by atoms with Gasteiger partial charge in [0, 0.05) is 5.69 Å². The highest BCUT2D eigenvalue weighted by atomic mass is 16.1. The van der Waals surface area contributed by atoms with Crippen molar-refractivity contribution in [3.63, 3.8) is 0 Å². The van der Waals surface area contributed by atoms with Gasteiger partial charge in [0.2, 0.25) is 5.91 Å². The molecule has 0 fully saturated rings. The zero-order valence-corrected chi connectivity index (χ0v) is 12.7. The molecule has 0 aliphatic carbocycles. The molecule has 22 heavy (non-hydrogen) atoms. The maximum Gasteiger partial charge on any atom is 0.228 e. The molecule has 0 aliphatic heterocycles. The molecular weight excluding hydrogens is 270 g/mol. The fourth-order valence-corrected chi connectivity index (χ4v) is 2.76. The van der Waals surface area contributed by atoms with Crippen molar-refractivity contribution in [1.29, 1.82) is 0 Å². The lowest BCUT2D eigenvalue weighted by Gasteiger charge is -2.11. The summed E-state index contributed by atoms with van der Waals surface area (Å²) in [6, 6.07) is 22.2. The molecular formula is C20H19NO. The number of nitrogens with one attached hydrogen (secondary N) is 1. The van der Waals surface area contributed by atoms with Gasteiger partial charge in [0.25, 0.3) is 0 Å². The van der Waals surface area contributed by atoms with Gasteiger partial charge in [-0.05, 0) is 34.4 Å². The summed E-state index contributed by atoms with van der Waals surface area (Å²) in [4.78, 5) is 12.4. The Hall–Kier alpha value is -2.61. The van der Waals surface area contributed by atoms with Crippen LogP contribution in [0.2, 0.25) is 0 Å². The van der Waals surface area contributed by atoms with E-state index in [1.165, 1.54) is 5.39 Å². The van der Waals surface area contributed by atoms with Crippen molar-refractivity contribution < 1.29 is 4.79 Å². The molecule has 110 valence electrons. The van der Waals surface area contributed by atoms with Crippen molar-refractivity contribution >= 4 is 22.4 Å². The van der Waals surface area contributed by atoms with E-state index in [9.17, 15) is 4.79 Å². The summed E-state index contributed by atoms with van der Waals surface area (Å²) in [5, 5.41) is 5.35. The highest BCUT2D eigenvalue weighted by molar-refractivity contribution is 5.96. The number of carbonyl (C=O) groups excluding carboxylic acids is 1. The number of carbonyl (C=O) groups is 1. The van der Waals surface area contributed by atoms with Gasteiger partial charge in [-0.3, -0.25) is 4.79 Å². The van der Waals surface area contributed by atoms with E-state index in [0.717, 1.165) is 28.6 Å². The Kier molecular flexibility index (Phi) is 4.19. The lowest BCUT2D eigenvalue weighted by molar-refractivity contribution is -0.115. The molecule has 0 atom stereocenters. The number of aryl methyl sites for hydroxylation is 1. The van der Waals surface area contributed by atoms with Crippen LogP contribution in [0.3, 0.4) is 0 Å². The predicted octanol–water partition coefficient (Wildman–Crippen LogP) is 4.58. The average Bonchev–Trinajstić information content (AvgIpc) is 2.55. The Morgan fingerprint density at radius 1 is 0.864 bits per heavy atom. The number of para-hydroxylation sites is 1. The quantitative estimate of drug-likeness (QED) is 0.748. The largest absolute Gasteiger partial charge is 0.326 e. The standard InChI is InChI=1S/C20H19NO/c1-2-15-8-4-6-13-19(15)21-20(22)14-17-11-7-10-16-9-3-5-12-18(16)17/h3-13H,2,14H2,1H3,(H,21,22). The van der Waals surface area contributed by atoms with E-state index in [-0.39, 0.29) is 5.91 Å². The second-order valence-electron chi connectivity index (χ2n) is 5.37. The highest BCUT2D eigenvalue weighted by Gasteiger charge is 2.08. The third-order valence-electron chi connectivity index (χ3n) is 3.90. The summed E-state index contributed by atoms with van der Waals surface area (Å²) in [5.74, 6) is 0.0252. The molecule has 0 heterocycles. The molecule has 0 aromatic heterocycles. The van der Waals surface area contributed by atoms with Gasteiger partial charge >= 0.3 is 0 Å². The Morgan fingerprint density at radius 2 is 1.55 bits per heavy atom. The Balaban J connectivity index is 1.82. The fourth-order valence-electron chi connectivity index (χ4n) is 2.76. The van der Waals surface area contributed by atoms with Crippen LogP contribution in [0.1, 0.15) is 18.1 Å². The number of amides is 1. The van der Waals surface area contributed by atoms with Crippen LogP contribution >= 0.6 is 0 Å². The zero-order valence-electron chi connectivity index (χ0n) is 12.7. The van der Waals surface area contributed by atoms with Crippen LogP contribution < -0.4 is 5.32 Å². The fraction of sp³-hybridized carbons (Fsp3) is 0.150. The third kappa shape index (κ3) is 3.01. The maximum absolute atomic E-state index is 12.4. The molecule has 2 heteroatoms. The molecule has 1 N–H and O–H groups in total. The summed E-state index contributed by atoms with van der Waals surface area (Å²) in [6.07, 6.45) is 1.30. The third-order valence-corrected chi connectivity index (χ3v) is 3.90. The minimum absolute atomic E-state index is 0.0252. The van der Waals surface area contributed by atoms with Gasteiger partial charge in [-0.1, -0.05) is 67.6 Å². The van der Waals surface area contributed by atoms with Gasteiger partial charge in [0.15, 0.2) is 0 Å². The van der Waals surface area contributed by atoms with Crippen molar-refractivity contribution in [3.05, 3.63) is 77.9 Å². The van der Waals surface area contributed by atoms with Crippen LogP contribution in [0.4, 0.5) is 5.69 Å². The Bertz CT molecular complexity index is 802. The lowest BCUT2D eigenvalue weighted by Crippen LogP contribution is -2.15. The Morgan fingerprint density at radius 3 is 2.41 bits per heavy atom. The molecule has 0 unspecified atom stereocenters. The number of hydrogen-bond acceptors (Lipinski definition) is 1. The van der Waals surface area contributed by atoms with E-state index < -0.39 is 0 Å². The van der Waals surface area contributed by atoms with E-state index in [1.807, 2.05) is 48.5 Å². The summed E-state index contributed by atoms with van der Waals surface area (Å²) in [6.45, 7) is 2.09. The van der Waals surface area contributed by atoms with Gasteiger partial charge in [0.1, 0.15) is 0 Å². The van der Waals surface area contributed by atoms with Crippen molar-refractivity contribution in [3.8, 4) is 0 Å². The van der Waals surface area contributed by atoms with Crippen LogP contribution in [-0.4, -0.2) is 5.91 Å². The predicted molar refractivity (Wildman–Crippen MR) is 92.1 cm³/mol. The first-order chi connectivity index (χ1) is 10.8. The van der Waals surface area contributed by atoms with Crippen LogP contribution in [0, 0.1) is 0 Å². The summed E-state index contributed by atoms with van der Waals surface area (Å²) < 4.78 is 0. The minimum Gasteiger partial charge on any atom is -0.326 e. The van der Waals surface area contributed by atoms with Crippen LogP contribution in [0.25, 0.3) is 10.8 Å². The van der Waals surface area contributed by atoms with Gasteiger partial charge < -0.3 is 5.32 Å². The normalized spacial score (nSPS) is 10.6. The number of benzene rings is 3. The zero-order chi connectivity index (χ0) is 15.4. The van der Waals surface area contributed by atoms with Gasteiger partial charge in [-0.2, -0.15) is 0 Å². The van der Waals surface area contributed by atoms with E-state index in [0.29, 0.717) is 6.42 Å². The molecule has 1 amide bonds. The molecule has 0 radical (unpaired) electrons. The number of rotatable bonds is 4. The van der Waals surface area contributed by atoms with Gasteiger partial charge in [0.05, 0.1) is 6.42 Å². The van der Waals surface area contributed by atoms with E-state index >= 15 is 0 Å². The smallest absolute Gasteiger partial charge is 0.228 e. The van der Waals surface area contributed by atoms with Crippen molar-refractivity contribution in [2.45, 2.75) is 19.8 Å². The summed E-state index contributed by atoms with van der Waals surface area (Å²) in [5.41, 5.74) is 3.13. The molecule has 2 nitrogen and oxygen atoms in total. The van der Waals surface area contributed by atoms with Crippen LogP contribution in [-0.2, 0) is 17.6 Å². The second kappa shape index (κ2) is 6.44. The molecule has 3 rings (SSSR count). The van der Waals surface area contributed by atoms with Crippen molar-refractivity contribution in [2.75, 3.05) is 5.32 Å². The molecule has 0 spiro atoms. The molecule has 3 aromatic carbocycles. The second-order valence-corrected chi connectivity index (χ2v) is 5.37.